The number of hydrogen-bond acceptors (Lipinski definition) is 2. The predicted molar refractivity (Wildman–Crippen MR) is 283 cm³/mol. The van der Waals surface area contributed by atoms with E-state index < -0.39 is 0 Å². The molecule has 11 rings (SSSR count). The molecule has 1 aromatic heterocycles. The quantitative estimate of drug-likeness (QED) is 0.159. The summed E-state index contributed by atoms with van der Waals surface area (Å²) < 4.78 is 6.60. The minimum Gasteiger partial charge on any atom is -0.455 e. The summed E-state index contributed by atoms with van der Waals surface area (Å²) in [7, 11) is 0. The van der Waals surface area contributed by atoms with Gasteiger partial charge in [-0.3, -0.25) is 0 Å². The Morgan fingerprint density at radius 3 is 1.67 bits per heavy atom. The summed E-state index contributed by atoms with van der Waals surface area (Å²) in [6.07, 6.45) is 0. The highest BCUT2D eigenvalue weighted by Crippen LogP contribution is 2.47. The fraction of sp³-hybridized carbons (Fsp3) is 0.125. The van der Waals surface area contributed by atoms with E-state index >= 15 is 0 Å². The molecule has 0 fully saturated rings. The summed E-state index contributed by atoms with van der Waals surface area (Å²) in [5.74, 6) is 0. The number of hydrogen-bond donors (Lipinski definition) is 0. The lowest BCUT2D eigenvalue weighted by atomic mass is 9.78. The molecule has 0 radical (unpaired) electrons. The van der Waals surface area contributed by atoms with Gasteiger partial charge in [-0.05, 0) is 113 Å². The van der Waals surface area contributed by atoms with Gasteiger partial charge in [0.25, 0.3) is 0 Å². The average molecular weight is 852 g/mol. The van der Waals surface area contributed by atoms with Gasteiger partial charge >= 0.3 is 0 Å². The van der Waals surface area contributed by atoms with E-state index in [2.05, 4.69) is 253 Å². The predicted octanol–water partition coefficient (Wildman–Crippen LogP) is 18.6. The summed E-state index contributed by atoms with van der Waals surface area (Å²) in [6.45, 7) is 13.9. The first-order valence-electron chi connectivity index (χ1n) is 23.2. The fourth-order valence-electron chi connectivity index (χ4n) is 9.83. The highest BCUT2D eigenvalue weighted by Gasteiger charge is 2.24. The van der Waals surface area contributed by atoms with Gasteiger partial charge in [-0.15, -0.1) is 0 Å². The van der Waals surface area contributed by atoms with Gasteiger partial charge in [-0.2, -0.15) is 0 Å². The van der Waals surface area contributed by atoms with Crippen LogP contribution in [0.3, 0.4) is 0 Å². The van der Waals surface area contributed by atoms with Crippen molar-refractivity contribution < 1.29 is 4.42 Å². The molecule has 0 atom stereocenters. The monoisotopic (exact) mass is 851 g/mol. The number of fused-ring (bicyclic) bond motifs is 5. The Hall–Kier alpha value is -7.68. The van der Waals surface area contributed by atoms with Crippen LogP contribution in [0.1, 0.15) is 52.7 Å². The van der Waals surface area contributed by atoms with Crippen LogP contribution in [-0.4, -0.2) is 0 Å². The summed E-state index contributed by atoms with van der Waals surface area (Å²) >= 11 is 0. The molecule has 2 nitrogen and oxygen atoms in total. The van der Waals surface area contributed by atoms with Crippen LogP contribution in [0.25, 0.3) is 88.0 Å². The Balaban J connectivity index is 1.12. The van der Waals surface area contributed by atoms with Crippen molar-refractivity contribution in [2.45, 2.75) is 52.4 Å². The summed E-state index contributed by atoms with van der Waals surface area (Å²) in [4.78, 5) is 2.43. The third-order valence-corrected chi connectivity index (χ3v) is 13.4. The van der Waals surface area contributed by atoms with Gasteiger partial charge in [0.05, 0.1) is 5.69 Å². The molecule has 0 aliphatic heterocycles. The smallest absolute Gasteiger partial charge is 0.143 e. The van der Waals surface area contributed by atoms with Gasteiger partial charge in [0.15, 0.2) is 0 Å². The number of benzene rings is 10. The van der Waals surface area contributed by atoms with Gasteiger partial charge in [-0.1, -0.05) is 217 Å². The molecule has 2 heteroatoms. The van der Waals surface area contributed by atoms with Crippen molar-refractivity contribution in [2.24, 2.45) is 0 Å². The lowest BCUT2D eigenvalue weighted by molar-refractivity contribution is 0.569. The van der Waals surface area contributed by atoms with E-state index in [0.717, 1.165) is 55.7 Å². The minimum absolute atomic E-state index is 0.00977. The number of para-hydroxylation sites is 3. The van der Waals surface area contributed by atoms with Crippen molar-refractivity contribution in [3.63, 3.8) is 0 Å². The molecule has 0 unspecified atom stereocenters. The maximum Gasteiger partial charge on any atom is 0.143 e. The largest absolute Gasteiger partial charge is 0.455 e. The fourth-order valence-corrected chi connectivity index (χ4v) is 9.83. The van der Waals surface area contributed by atoms with Crippen LogP contribution in [0.2, 0.25) is 0 Å². The number of nitrogens with zero attached hydrogens (tertiary/aromatic N) is 1. The Labute approximate surface area is 388 Å². The SMILES string of the molecule is CC(C)(C)c1cc(-c2cccc3cccc(-c4ccccc4N(c4ccc(-c5cccc6ccccc56)cc4)c4cccc(-c5cccc6c5oc5ccccc56)c4)c23)cc(C(C)(C)C)c1. The first-order valence-corrected chi connectivity index (χ1v) is 23.2. The Morgan fingerprint density at radius 1 is 0.348 bits per heavy atom. The van der Waals surface area contributed by atoms with Crippen molar-refractivity contribution in [3.8, 4) is 44.5 Å². The topological polar surface area (TPSA) is 16.4 Å². The van der Waals surface area contributed by atoms with E-state index in [0.29, 0.717) is 0 Å². The molecule has 0 N–H and O–H groups in total. The zero-order valence-corrected chi connectivity index (χ0v) is 38.6. The van der Waals surface area contributed by atoms with Gasteiger partial charge in [0.1, 0.15) is 11.2 Å². The standard InChI is InChI=1S/C64H53NO/c1-63(2,3)47-38-46(39-48(41-47)64(4,5)6)53-28-15-20-44-21-16-30-57(61(44)53)55-25-9-11-32-59(55)65(49-36-34-43(35-37-49)52-27-14-19-42-18-7-8-24-51(42)52)50-23-13-22-45(40-50)54-29-17-31-58-56-26-10-12-33-60(56)66-62(54)58/h7-41H,1-6H3. The lowest BCUT2D eigenvalue weighted by Crippen LogP contribution is -2.16. The molecule has 0 aliphatic carbocycles. The maximum absolute atomic E-state index is 6.60. The van der Waals surface area contributed by atoms with E-state index in [1.807, 2.05) is 6.07 Å². The van der Waals surface area contributed by atoms with Crippen molar-refractivity contribution in [3.05, 3.63) is 223 Å². The summed E-state index contributed by atoms with van der Waals surface area (Å²) in [6, 6.07) is 77.8. The average Bonchev–Trinajstić information content (AvgIpc) is 3.72. The lowest BCUT2D eigenvalue weighted by Gasteiger charge is -2.29. The molecular formula is C64H53NO. The normalized spacial score (nSPS) is 12.1. The van der Waals surface area contributed by atoms with Crippen molar-refractivity contribution in [2.75, 3.05) is 4.90 Å². The molecule has 0 saturated heterocycles. The number of rotatable bonds is 7. The van der Waals surface area contributed by atoms with Crippen LogP contribution in [0.4, 0.5) is 17.1 Å². The number of furan rings is 1. The second-order valence-electron chi connectivity index (χ2n) is 19.8. The van der Waals surface area contributed by atoms with E-state index in [1.54, 1.807) is 0 Å². The Kier molecular flexibility index (Phi) is 10.0. The molecular weight excluding hydrogens is 799 g/mol. The first-order chi connectivity index (χ1) is 32.0. The molecule has 0 bridgehead atoms. The van der Waals surface area contributed by atoms with Crippen molar-refractivity contribution in [1.29, 1.82) is 0 Å². The summed E-state index contributed by atoms with van der Waals surface area (Å²) in [5.41, 5.74) is 17.1. The van der Waals surface area contributed by atoms with E-state index in [9.17, 15) is 0 Å². The van der Waals surface area contributed by atoms with Crippen LogP contribution in [0, 0.1) is 0 Å². The van der Waals surface area contributed by atoms with E-state index in [1.165, 1.54) is 60.5 Å². The van der Waals surface area contributed by atoms with E-state index in [-0.39, 0.29) is 10.8 Å². The molecule has 0 aliphatic rings. The maximum atomic E-state index is 6.60. The second kappa shape index (κ2) is 16.1. The summed E-state index contributed by atoms with van der Waals surface area (Å²) in [5, 5.41) is 7.19. The van der Waals surface area contributed by atoms with Gasteiger partial charge in [0.2, 0.25) is 0 Å². The highest BCUT2D eigenvalue weighted by molar-refractivity contribution is 6.11. The van der Waals surface area contributed by atoms with Crippen molar-refractivity contribution in [1.82, 2.24) is 0 Å². The number of anilines is 3. The van der Waals surface area contributed by atoms with Crippen LogP contribution in [0.5, 0.6) is 0 Å². The Morgan fingerprint density at radius 2 is 0.909 bits per heavy atom. The molecule has 11 aromatic rings. The third kappa shape index (κ3) is 7.33. The highest BCUT2D eigenvalue weighted by atomic mass is 16.3. The molecule has 10 aromatic carbocycles. The molecule has 320 valence electrons. The van der Waals surface area contributed by atoms with Crippen LogP contribution in [0.15, 0.2) is 217 Å². The minimum atomic E-state index is -0.00977. The molecule has 0 amide bonds. The second-order valence-corrected chi connectivity index (χ2v) is 19.8. The van der Waals surface area contributed by atoms with Crippen LogP contribution < -0.4 is 4.90 Å². The Bertz CT molecular complexity index is 3570. The zero-order chi connectivity index (χ0) is 45.2. The van der Waals surface area contributed by atoms with Gasteiger partial charge < -0.3 is 9.32 Å². The van der Waals surface area contributed by atoms with Crippen LogP contribution >= 0.6 is 0 Å². The van der Waals surface area contributed by atoms with Crippen molar-refractivity contribution >= 4 is 60.5 Å². The molecule has 1 heterocycles. The molecule has 0 saturated carbocycles. The van der Waals surface area contributed by atoms with E-state index in [4.69, 9.17) is 4.42 Å². The molecule has 0 spiro atoms. The van der Waals surface area contributed by atoms with Gasteiger partial charge in [-0.25, -0.2) is 0 Å². The van der Waals surface area contributed by atoms with Gasteiger partial charge in [0, 0.05) is 33.3 Å². The zero-order valence-electron chi connectivity index (χ0n) is 38.6. The first kappa shape index (κ1) is 41.1. The third-order valence-electron chi connectivity index (χ3n) is 13.4. The molecule has 66 heavy (non-hydrogen) atoms. The van der Waals surface area contributed by atoms with Crippen LogP contribution in [-0.2, 0) is 10.8 Å².